The Morgan fingerprint density at radius 3 is 2.80 bits per heavy atom. The molecule has 0 aliphatic heterocycles. The number of aryl methyl sites for hydroxylation is 1. The van der Waals surface area contributed by atoms with Gasteiger partial charge in [0.15, 0.2) is 0 Å². The van der Waals surface area contributed by atoms with Crippen LogP contribution in [-0.4, -0.2) is 10.1 Å². The van der Waals surface area contributed by atoms with E-state index in [-0.39, 0.29) is 6.61 Å². The van der Waals surface area contributed by atoms with E-state index < -0.39 is 0 Å². The van der Waals surface area contributed by atoms with Crippen LogP contribution in [0.1, 0.15) is 11.1 Å². The minimum atomic E-state index is -0.0416. The van der Waals surface area contributed by atoms with Crippen LogP contribution in [0, 0.1) is 6.92 Å². The number of hydrogen-bond donors (Lipinski definition) is 1. The first-order valence-corrected chi connectivity index (χ1v) is 6.50. The van der Waals surface area contributed by atoms with E-state index in [0.29, 0.717) is 5.75 Å². The normalized spacial score (nSPS) is 10.7. The minimum Gasteiger partial charge on any atom is -0.456 e. The number of aromatic nitrogens is 1. The van der Waals surface area contributed by atoms with Crippen molar-refractivity contribution >= 4 is 10.9 Å². The van der Waals surface area contributed by atoms with Crippen LogP contribution in [0.4, 0.5) is 0 Å². The molecule has 3 nitrogen and oxygen atoms in total. The van der Waals surface area contributed by atoms with E-state index in [1.165, 1.54) is 0 Å². The molecule has 0 amide bonds. The fourth-order valence-electron chi connectivity index (χ4n) is 2.21. The first-order valence-electron chi connectivity index (χ1n) is 6.50. The molecule has 1 aromatic heterocycles. The predicted molar refractivity (Wildman–Crippen MR) is 78.9 cm³/mol. The Bertz CT molecular complexity index is 748. The van der Waals surface area contributed by atoms with Crippen molar-refractivity contribution in [1.29, 1.82) is 0 Å². The number of rotatable bonds is 3. The van der Waals surface area contributed by atoms with Crippen LogP contribution in [0.2, 0.25) is 0 Å². The predicted octanol–water partition coefficient (Wildman–Crippen LogP) is 3.83. The van der Waals surface area contributed by atoms with Crippen LogP contribution in [-0.2, 0) is 6.61 Å². The summed E-state index contributed by atoms with van der Waals surface area (Å²) in [6.45, 7) is 1.95. The zero-order valence-electron chi connectivity index (χ0n) is 11.2. The number of benzene rings is 2. The third-order valence-corrected chi connectivity index (χ3v) is 3.21. The molecule has 0 saturated carbocycles. The molecule has 0 fully saturated rings. The highest BCUT2D eigenvalue weighted by molar-refractivity contribution is 5.85. The minimum absolute atomic E-state index is 0.0416. The standard InChI is InChI=1S/C17H15NO2/c1-12-7-8-16(13(10-12)11-19)20-17-6-2-5-15-14(17)4-3-9-18-15/h2-10,19H,11H2,1H3. The van der Waals surface area contributed by atoms with Crippen molar-refractivity contribution < 1.29 is 9.84 Å². The van der Waals surface area contributed by atoms with Crippen LogP contribution in [0.5, 0.6) is 11.5 Å². The van der Waals surface area contributed by atoms with E-state index >= 15 is 0 Å². The third kappa shape index (κ3) is 2.36. The highest BCUT2D eigenvalue weighted by atomic mass is 16.5. The lowest BCUT2D eigenvalue weighted by atomic mass is 10.1. The number of aliphatic hydroxyl groups is 1. The molecule has 0 saturated heterocycles. The molecule has 0 aliphatic rings. The maximum Gasteiger partial charge on any atom is 0.136 e. The van der Waals surface area contributed by atoms with Crippen LogP contribution >= 0.6 is 0 Å². The second-order valence-corrected chi connectivity index (χ2v) is 4.70. The number of pyridine rings is 1. The molecule has 3 rings (SSSR count). The van der Waals surface area contributed by atoms with Gasteiger partial charge in [0.25, 0.3) is 0 Å². The first-order chi connectivity index (χ1) is 9.78. The monoisotopic (exact) mass is 265 g/mol. The molecule has 0 aliphatic carbocycles. The van der Waals surface area contributed by atoms with Crippen molar-refractivity contribution in [2.24, 2.45) is 0 Å². The Morgan fingerprint density at radius 1 is 1.05 bits per heavy atom. The van der Waals surface area contributed by atoms with E-state index in [0.717, 1.165) is 27.8 Å². The highest BCUT2D eigenvalue weighted by Gasteiger charge is 2.07. The van der Waals surface area contributed by atoms with Gasteiger partial charge in [-0.1, -0.05) is 23.8 Å². The Labute approximate surface area is 117 Å². The molecule has 3 aromatic rings. The summed E-state index contributed by atoms with van der Waals surface area (Å²) >= 11 is 0. The van der Waals surface area contributed by atoms with Gasteiger partial charge < -0.3 is 9.84 Å². The molecular weight excluding hydrogens is 250 g/mol. The lowest BCUT2D eigenvalue weighted by molar-refractivity contribution is 0.276. The van der Waals surface area contributed by atoms with Gasteiger partial charge in [-0.15, -0.1) is 0 Å². The Balaban J connectivity index is 2.05. The van der Waals surface area contributed by atoms with E-state index in [9.17, 15) is 5.11 Å². The highest BCUT2D eigenvalue weighted by Crippen LogP contribution is 2.31. The molecule has 3 heteroatoms. The maximum atomic E-state index is 9.44. The largest absolute Gasteiger partial charge is 0.456 e. The van der Waals surface area contributed by atoms with Gasteiger partial charge in [-0.05, 0) is 37.3 Å². The SMILES string of the molecule is Cc1ccc(Oc2cccc3ncccc23)c(CO)c1. The van der Waals surface area contributed by atoms with Gasteiger partial charge in [-0.3, -0.25) is 4.98 Å². The quantitative estimate of drug-likeness (QED) is 0.782. The van der Waals surface area contributed by atoms with E-state index in [1.807, 2.05) is 55.5 Å². The Morgan fingerprint density at radius 2 is 1.95 bits per heavy atom. The fraction of sp³-hybridized carbons (Fsp3) is 0.118. The third-order valence-electron chi connectivity index (χ3n) is 3.21. The number of hydrogen-bond acceptors (Lipinski definition) is 3. The van der Waals surface area contributed by atoms with Crippen LogP contribution in [0.3, 0.4) is 0 Å². The van der Waals surface area contributed by atoms with Gasteiger partial charge in [-0.2, -0.15) is 0 Å². The molecule has 0 atom stereocenters. The van der Waals surface area contributed by atoms with Gasteiger partial charge in [0.1, 0.15) is 11.5 Å². The summed E-state index contributed by atoms with van der Waals surface area (Å²) in [6.07, 6.45) is 1.76. The average Bonchev–Trinajstić information content (AvgIpc) is 2.49. The summed E-state index contributed by atoms with van der Waals surface area (Å²) in [5.41, 5.74) is 2.77. The lowest BCUT2D eigenvalue weighted by Gasteiger charge is -2.12. The molecule has 0 unspecified atom stereocenters. The summed E-state index contributed by atoms with van der Waals surface area (Å²) in [5, 5.41) is 10.4. The molecule has 1 heterocycles. The molecule has 0 radical (unpaired) electrons. The van der Waals surface area contributed by atoms with Crippen LogP contribution < -0.4 is 4.74 Å². The van der Waals surface area contributed by atoms with Crippen LogP contribution in [0.15, 0.2) is 54.7 Å². The topological polar surface area (TPSA) is 42.4 Å². The number of fused-ring (bicyclic) bond motifs is 1. The number of nitrogens with zero attached hydrogens (tertiary/aromatic N) is 1. The smallest absolute Gasteiger partial charge is 0.136 e. The molecule has 0 bridgehead atoms. The van der Waals surface area contributed by atoms with Crippen molar-refractivity contribution in [3.63, 3.8) is 0 Å². The fourth-order valence-corrected chi connectivity index (χ4v) is 2.21. The Kier molecular flexibility index (Phi) is 3.35. The summed E-state index contributed by atoms with van der Waals surface area (Å²) < 4.78 is 5.97. The average molecular weight is 265 g/mol. The van der Waals surface area contributed by atoms with Gasteiger partial charge >= 0.3 is 0 Å². The molecule has 100 valence electrons. The van der Waals surface area contributed by atoms with Crippen molar-refractivity contribution in [1.82, 2.24) is 4.98 Å². The molecule has 2 aromatic carbocycles. The van der Waals surface area contributed by atoms with Gasteiger partial charge in [0.2, 0.25) is 0 Å². The lowest BCUT2D eigenvalue weighted by Crippen LogP contribution is -1.93. The van der Waals surface area contributed by atoms with E-state index in [2.05, 4.69) is 4.98 Å². The van der Waals surface area contributed by atoms with Crippen molar-refractivity contribution in [3.8, 4) is 11.5 Å². The first kappa shape index (κ1) is 12.6. The second-order valence-electron chi connectivity index (χ2n) is 4.70. The summed E-state index contributed by atoms with van der Waals surface area (Å²) in [6, 6.07) is 15.4. The van der Waals surface area contributed by atoms with E-state index in [1.54, 1.807) is 6.20 Å². The molecule has 0 spiro atoms. The van der Waals surface area contributed by atoms with Gasteiger partial charge in [0, 0.05) is 17.1 Å². The summed E-state index contributed by atoms with van der Waals surface area (Å²) in [7, 11) is 0. The second kappa shape index (κ2) is 5.31. The van der Waals surface area contributed by atoms with Crippen molar-refractivity contribution in [2.75, 3.05) is 0 Å². The van der Waals surface area contributed by atoms with Gasteiger partial charge in [0.05, 0.1) is 12.1 Å². The number of aliphatic hydroxyl groups excluding tert-OH is 1. The van der Waals surface area contributed by atoms with E-state index in [4.69, 9.17) is 4.74 Å². The molecule has 1 N–H and O–H groups in total. The zero-order valence-corrected chi connectivity index (χ0v) is 11.2. The number of ether oxygens (including phenoxy) is 1. The van der Waals surface area contributed by atoms with Crippen molar-refractivity contribution in [3.05, 3.63) is 65.9 Å². The maximum absolute atomic E-state index is 9.44. The van der Waals surface area contributed by atoms with Crippen molar-refractivity contribution in [2.45, 2.75) is 13.5 Å². The summed E-state index contributed by atoms with van der Waals surface area (Å²) in [4.78, 5) is 4.31. The van der Waals surface area contributed by atoms with Crippen LogP contribution in [0.25, 0.3) is 10.9 Å². The summed E-state index contributed by atoms with van der Waals surface area (Å²) in [5.74, 6) is 1.42. The molecule has 20 heavy (non-hydrogen) atoms. The van der Waals surface area contributed by atoms with Gasteiger partial charge in [-0.25, -0.2) is 0 Å². The molecular formula is C17H15NO2. The zero-order chi connectivity index (χ0) is 13.9. The Hall–Kier alpha value is -2.39.